The van der Waals surface area contributed by atoms with Crippen LogP contribution in [0.15, 0.2) is 65.8 Å². The molecule has 2 rings (SSSR count). The first kappa shape index (κ1) is 20.2. The van der Waals surface area contributed by atoms with Crippen LogP contribution < -0.4 is 14.9 Å². The van der Waals surface area contributed by atoms with E-state index in [9.17, 15) is 4.79 Å². The highest BCUT2D eigenvalue weighted by molar-refractivity contribution is 5.97. The number of rotatable bonds is 10. The number of carbonyl (C=O) groups excluding carboxylic acids is 1. The standard InChI is InChI=1S/C22H26N2O3/c1-3-4-16-26-20-12-14-21(15-13-20)27-17-22(25)24-23-18(2)10-11-19-8-6-5-7-9-19/h5-15H,3-4,16-17H2,1-2H3,(H,24,25). The van der Waals surface area contributed by atoms with E-state index in [2.05, 4.69) is 17.5 Å². The van der Waals surface area contributed by atoms with Gasteiger partial charge in [0.2, 0.25) is 0 Å². The van der Waals surface area contributed by atoms with E-state index >= 15 is 0 Å². The molecule has 0 saturated carbocycles. The lowest BCUT2D eigenvalue weighted by atomic mass is 10.2. The molecule has 0 aliphatic rings. The van der Waals surface area contributed by atoms with Gasteiger partial charge in [-0.25, -0.2) is 5.43 Å². The van der Waals surface area contributed by atoms with Crippen molar-refractivity contribution in [3.63, 3.8) is 0 Å². The molecule has 5 nitrogen and oxygen atoms in total. The molecule has 0 unspecified atom stereocenters. The molecule has 1 amide bonds. The molecule has 0 aliphatic carbocycles. The van der Waals surface area contributed by atoms with Crippen LogP contribution in [-0.2, 0) is 4.79 Å². The number of hydrazone groups is 1. The van der Waals surface area contributed by atoms with Crippen LogP contribution in [0.3, 0.4) is 0 Å². The second kappa shape index (κ2) is 11.5. The zero-order chi connectivity index (χ0) is 19.3. The number of unbranched alkanes of at least 4 members (excludes halogenated alkanes) is 1. The van der Waals surface area contributed by atoms with Crippen LogP contribution in [0.5, 0.6) is 11.5 Å². The van der Waals surface area contributed by atoms with Gasteiger partial charge in [0, 0.05) is 0 Å². The van der Waals surface area contributed by atoms with Crippen LogP contribution >= 0.6 is 0 Å². The van der Waals surface area contributed by atoms with Crippen LogP contribution in [-0.4, -0.2) is 24.8 Å². The number of nitrogens with one attached hydrogen (secondary N) is 1. The van der Waals surface area contributed by atoms with E-state index in [1.807, 2.05) is 61.5 Å². The van der Waals surface area contributed by atoms with Gasteiger partial charge in [-0.3, -0.25) is 4.79 Å². The van der Waals surface area contributed by atoms with Crippen LogP contribution in [0.1, 0.15) is 32.3 Å². The lowest BCUT2D eigenvalue weighted by molar-refractivity contribution is -0.123. The van der Waals surface area contributed by atoms with Crippen LogP contribution in [0.25, 0.3) is 6.08 Å². The molecule has 0 atom stereocenters. The van der Waals surface area contributed by atoms with Gasteiger partial charge in [-0.1, -0.05) is 49.8 Å². The maximum absolute atomic E-state index is 11.8. The van der Waals surface area contributed by atoms with Gasteiger partial charge in [-0.15, -0.1) is 0 Å². The van der Waals surface area contributed by atoms with Gasteiger partial charge in [0.1, 0.15) is 11.5 Å². The Morgan fingerprint density at radius 2 is 1.70 bits per heavy atom. The minimum Gasteiger partial charge on any atom is -0.494 e. The lowest BCUT2D eigenvalue weighted by Gasteiger charge is -2.08. The molecule has 1 N–H and O–H groups in total. The average molecular weight is 366 g/mol. The average Bonchev–Trinajstić information content (AvgIpc) is 2.71. The number of carbonyl (C=O) groups is 1. The van der Waals surface area contributed by atoms with Crippen molar-refractivity contribution in [2.75, 3.05) is 13.2 Å². The van der Waals surface area contributed by atoms with E-state index in [0.29, 0.717) is 18.1 Å². The lowest BCUT2D eigenvalue weighted by Crippen LogP contribution is -2.25. The molecule has 0 spiro atoms. The number of hydrogen-bond donors (Lipinski definition) is 1. The predicted molar refractivity (Wildman–Crippen MR) is 109 cm³/mol. The van der Waals surface area contributed by atoms with Gasteiger partial charge >= 0.3 is 0 Å². The summed E-state index contributed by atoms with van der Waals surface area (Å²) in [7, 11) is 0. The second-order valence-electron chi connectivity index (χ2n) is 5.99. The van der Waals surface area contributed by atoms with Crippen LogP contribution in [0, 0.1) is 0 Å². The number of benzene rings is 2. The zero-order valence-corrected chi connectivity index (χ0v) is 15.9. The molecule has 142 valence electrons. The summed E-state index contributed by atoms with van der Waals surface area (Å²) >= 11 is 0. The summed E-state index contributed by atoms with van der Waals surface area (Å²) in [6.45, 7) is 4.54. The molecule has 27 heavy (non-hydrogen) atoms. The Balaban J connectivity index is 1.73. The highest BCUT2D eigenvalue weighted by atomic mass is 16.5. The fraction of sp³-hybridized carbons (Fsp3) is 0.273. The first-order valence-corrected chi connectivity index (χ1v) is 9.09. The number of amides is 1. The summed E-state index contributed by atoms with van der Waals surface area (Å²) in [5, 5.41) is 4.04. The van der Waals surface area contributed by atoms with Crippen molar-refractivity contribution in [3.05, 3.63) is 66.2 Å². The van der Waals surface area contributed by atoms with Gasteiger partial charge in [0.25, 0.3) is 5.91 Å². The van der Waals surface area contributed by atoms with Crippen molar-refractivity contribution in [1.82, 2.24) is 5.43 Å². The van der Waals surface area contributed by atoms with E-state index < -0.39 is 0 Å². The summed E-state index contributed by atoms with van der Waals surface area (Å²) in [6, 6.07) is 17.1. The first-order chi connectivity index (χ1) is 13.2. The number of nitrogens with zero attached hydrogens (tertiary/aromatic N) is 1. The minimum atomic E-state index is -0.314. The van der Waals surface area contributed by atoms with Gasteiger partial charge < -0.3 is 9.47 Å². The summed E-state index contributed by atoms with van der Waals surface area (Å²) in [6.07, 6.45) is 5.90. The van der Waals surface area contributed by atoms with E-state index in [4.69, 9.17) is 9.47 Å². The second-order valence-corrected chi connectivity index (χ2v) is 5.99. The number of hydrogen-bond acceptors (Lipinski definition) is 4. The molecule has 0 aromatic heterocycles. The van der Waals surface area contributed by atoms with Gasteiger partial charge in [0.15, 0.2) is 6.61 Å². The predicted octanol–water partition coefficient (Wildman–Crippen LogP) is 4.45. The molecule has 2 aromatic carbocycles. The Morgan fingerprint density at radius 1 is 1.04 bits per heavy atom. The fourth-order valence-corrected chi connectivity index (χ4v) is 2.12. The monoisotopic (exact) mass is 366 g/mol. The minimum absolute atomic E-state index is 0.102. The third-order valence-electron chi connectivity index (χ3n) is 3.63. The molecule has 0 radical (unpaired) electrons. The Labute approximate surface area is 160 Å². The first-order valence-electron chi connectivity index (χ1n) is 9.09. The Hall–Kier alpha value is -3.08. The number of ether oxygens (including phenoxy) is 2. The molecule has 0 aliphatic heterocycles. The van der Waals surface area contributed by atoms with Gasteiger partial charge in [0.05, 0.1) is 12.3 Å². The molecule has 0 heterocycles. The topological polar surface area (TPSA) is 59.9 Å². The van der Waals surface area contributed by atoms with Crippen molar-refractivity contribution >= 4 is 17.7 Å². The van der Waals surface area contributed by atoms with Crippen molar-refractivity contribution in [2.24, 2.45) is 5.10 Å². The Bertz CT molecular complexity index is 753. The Morgan fingerprint density at radius 3 is 2.37 bits per heavy atom. The highest BCUT2D eigenvalue weighted by Crippen LogP contribution is 2.17. The molecule has 0 fully saturated rings. The molecular weight excluding hydrogens is 340 g/mol. The molecule has 5 heteroatoms. The molecular formula is C22H26N2O3. The maximum atomic E-state index is 11.8. The van der Waals surface area contributed by atoms with Gasteiger partial charge in [-0.05, 0) is 49.2 Å². The summed E-state index contributed by atoms with van der Waals surface area (Å²) in [4.78, 5) is 11.8. The molecule has 2 aromatic rings. The van der Waals surface area contributed by atoms with E-state index in [0.717, 1.165) is 24.2 Å². The quantitative estimate of drug-likeness (QED) is 0.384. The van der Waals surface area contributed by atoms with Crippen LogP contribution in [0.4, 0.5) is 0 Å². The normalized spacial score (nSPS) is 11.4. The highest BCUT2D eigenvalue weighted by Gasteiger charge is 2.02. The van der Waals surface area contributed by atoms with Crippen molar-refractivity contribution in [1.29, 1.82) is 0 Å². The third-order valence-corrected chi connectivity index (χ3v) is 3.63. The molecule has 0 bridgehead atoms. The van der Waals surface area contributed by atoms with E-state index in [-0.39, 0.29) is 12.5 Å². The number of allylic oxidation sites excluding steroid dienone is 1. The third kappa shape index (κ3) is 8.23. The van der Waals surface area contributed by atoms with Crippen molar-refractivity contribution in [2.45, 2.75) is 26.7 Å². The summed E-state index contributed by atoms with van der Waals surface area (Å²) in [5.74, 6) is 1.09. The molecule has 0 saturated heterocycles. The van der Waals surface area contributed by atoms with E-state index in [1.165, 1.54) is 0 Å². The van der Waals surface area contributed by atoms with Crippen molar-refractivity contribution in [3.8, 4) is 11.5 Å². The maximum Gasteiger partial charge on any atom is 0.277 e. The van der Waals surface area contributed by atoms with Gasteiger partial charge in [-0.2, -0.15) is 5.10 Å². The Kier molecular flexibility index (Phi) is 8.63. The summed E-state index contributed by atoms with van der Waals surface area (Å²) < 4.78 is 11.0. The fourth-order valence-electron chi connectivity index (χ4n) is 2.12. The SMILES string of the molecule is CCCCOc1ccc(OCC(=O)NN=C(C)C=Cc2ccccc2)cc1. The van der Waals surface area contributed by atoms with Crippen LogP contribution in [0.2, 0.25) is 0 Å². The zero-order valence-electron chi connectivity index (χ0n) is 15.9. The van der Waals surface area contributed by atoms with E-state index in [1.54, 1.807) is 12.1 Å². The smallest absolute Gasteiger partial charge is 0.277 e. The largest absolute Gasteiger partial charge is 0.494 e. The summed E-state index contributed by atoms with van der Waals surface area (Å²) in [5.41, 5.74) is 4.25. The van der Waals surface area contributed by atoms with Crippen molar-refractivity contribution < 1.29 is 14.3 Å².